The first-order valence-corrected chi connectivity index (χ1v) is 12.1. The van der Waals surface area contributed by atoms with E-state index in [1.165, 1.54) is 18.5 Å². The van der Waals surface area contributed by atoms with Crippen molar-refractivity contribution >= 4 is 35.0 Å². The summed E-state index contributed by atoms with van der Waals surface area (Å²) >= 11 is 6.07. The molecular formula is C24H29ClFN5O4. The van der Waals surface area contributed by atoms with Crippen LogP contribution in [0.1, 0.15) is 71.1 Å². The summed E-state index contributed by atoms with van der Waals surface area (Å²) in [5.41, 5.74) is 6.44. The number of anilines is 1. The standard InChI is InChI=1S/C24H29ClFN5O4/c1-13-9-19(17(25)10-18(13)26)30-23(33)14-4-6-15(7-5-14)31-12-29-20(21(31)22(27)32)24(34)28-11-16-3-2-8-35-16/h9-10,12,14-16H,2-8,11H2,1H3,(H2,27,32)(H,28,34)(H,30,33)/t14-,15-,16?. The Labute approximate surface area is 207 Å². The number of nitrogens with one attached hydrogen (secondary N) is 2. The summed E-state index contributed by atoms with van der Waals surface area (Å²) in [6, 6.07) is 2.57. The predicted octanol–water partition coefficient (Wildman–Crippen LogP) is 3.36. The third-order valence-electron chi connectivity index (χ3n) is 6.72. The molecule has 0 radical (unpaired) electrons. The van der Waals surface area contributed by atoms with Crippen LogP contribution in [0.25, 0.3) is 0 Å². The number of nitrogens with two attached hydrogens (primary N) is 1. The second-order valence-corrected chi connectivity index (χ2v) is 9.54. The van der Waals surface area contributed by atoms with Crippen molar-refractivity contribution in [2.75, 3.05) is 18.5 Å². The van der Waals surface area contributed by atoms with Gasteiger partial charge in [0.2, 0.25) is 5.91 Å². The van der Waals surface area contributed by atoms with Gasteiger partial charge in [-0.3, -0.25) is 14.4 Å². The fraction of sp³-hybridized carbons (Fsp3) is 0.500. The smallest absolute Gasteiger partial charge is 0.272 e. The number of halogens is 2. The van der Waals surface area contributed by atoms with Gasteiger partial charge in [0.05, 0.1) is 23.1 Å². The Morgan fingerprint density at radius 2 is 1.97 bits per heavy atom. The molecule has 0 bridgehead atoms. The average Bonchev–Trinajstić information content (AvgIpc) is 3.51. The van der Waals surface area contributed by atoms with E-state index in [-0.39, 0.29) is 40.4 Å². The molecule has 4 rings (SSSR count). The average molecular weight is 506 g/mol. The monoisotopic (exact) mass is 505 g/mol. The maximum Gasteiger partial charge on any atom is 0.272 e. The second-order valence-electron chi connectivity index (χ2n) is 9.13. The molecule has 1 aliphatic carbocycles. The molecule has 1 saturated carbocycles. The van der Waals surface area contributed by atoms with Crippen LogP contribution < -0.4 is 16.4 Å². The molecule has 0 spiro atoms. The number of carbonyl (C=O) groups is 3. The third kappa shape index (κ3) is 5.65. The zero-order valence-electron chi connectivity index (χ0n) is 19.5. The summed E-state index contributed by atoms with van der Waals surface area (Å²) in [5, 5.41) is 5.71. The van der Waals surface area contributed by atoms with Crippen LogP contribution in [0.5, 0.6) is 0 Å². The molecule has 9 nitrogen and oxygen atoms in total. The molecule has 2 aromatic rings. The number of aryl methyl sites for hydroxylation is 1. The molecule has 2 aliphatic rings. The van der Waals surface area contributed by atoms with Gasteiger partial charge in [-0.2, -0.15) is 0 Å². The highest BCUT2D eigenvalue weighted by Gasteiger charge is 2.31. The second kappa shape index (κ2) is 10.7. The Morgan fingerprint density at radius 1 is 1.23 bits per heavy atom. The molecular weight excluding hydrogens is 477 g/mol. The number of ether oxygens (including phenoxy) is 1. The van der Waals surface area contributed by atoms with Crippen LogP contribution in [0.15, 0.2) is 18.5 Å². The van der Waals surface area contributed by atoms with Gasteiger partial charge in [0.1, 0.15) is 11.5 Å². The number of hydrogen-bond donors (Lipinski definition) is 3. The van der Waals surface area contributed by atoms with Crippen molar-refractivity contribution in [3.63, 3.8) is 0 Å². The van der Waals surface area contributed by atoms with Crippen molar-refractivity contribution < 1.29 is 23.5 Å². The Balaban J connectivity index is 1.38. The lowest BCUT2D eigenvalue weighted by molar-refractivity contribution is -0.121. The molecule has 1 atom stereocenters. The van der Waals surface area contributed by atoms with Gasteiger partial charge in [0, 0.05) is 25.1 Å². The number of rotatable bonds is 7. The van der Waals surface area contributed by atoms with Crippen LogP contribution in [-0.4, -0.2) is 46.5 Å². The fourth-order valence-electron chi connectivity index (χ4n) is 4.75. The lowest BCUT2D eigenvalue weighted by atomic mass is 9.85. The highest BCUT2D eigenvalue weighted by Crippen LogP contribution is 2.35. The van der Waals surface area contributed by atoms with E-state index in [1.54, 1.807) is 11.5 Å². The van der Waals surface area contributed by atoms with Crippen LogP contribution >= 0.6 is 11.6 Å². The molecule has 35 heavy (non-hydrogen) atoms. The quantitative estimate of drug-likeness (QED) is 0.531. The van der Waals surface area contributed by atoms with Crippen molar-refractivity contribution in [1.29, 1.82) is 0 Å². The van der Waals surface area contributed by atoms with Gasteiger partial charge in [0.15, 0.2) is 5.69 Å². The van der Waals surface area contributed by atoms with E-state index in [4.69, 9.17) is 22.1 Å². The summed E-state index contributed by atoms with van der Waals surface area (Å²) in [6.45, 7) is 2.63. The first kappa shape index (κ1) is 25.1. The minimum atomic E-state index is -0.731. The SMILES string of the molecule is Cc1cc(NC(=O)[C@H]2CC[C@H](n3cnc(C(=O)NCC4CCCO4)c3C(N)=O)CC2)c(Cl)cc1F. The Kier molecular flexibility index (Phi) is 7.71. The molecule has 2 heterocycles. The van der Waals surface area contributed by atoms with Gasteiger partial charge < -0.3 is 25.7 Å². The number of carbonyl (C=O) groups excluding carboxylic acids is 3. The third-order valence-corrected chi connectivity index (χ3v) is 7.04. The van der Waals surface area contributed by atoms with Gasteiger partial charge >= 0.3 is 0 Å². The highest BCUT2D eigenvalue weighted by atomic mass is 35.5. The molecule has 1 aliphatic heterocycles. The van der Waals surface area contributed by atoms with Gasteiger partial charge in [-0.1, -0.05) is 11.6 Å². The first-order valence-electron chi connectivity index (χ1n) is 11.8. The number of aromatic nitrogens is 2. The van der Waals surface area contributed by atoms with E-state index in [0.29, 0.717) is 50.1 Å². The number of primary amides is 1. The molecule has 3 amide bonds. The Bertz CT molecular complexity index is 1120. The minimum Gasteiger partial charge on any atom is -0.376 e. The van der Waals surface area contributed by atoms with Crippen molar-refractivity contribution in [3.05, 3.63) is 46.3 Å². The van der Waals surface area contributed by atoms with Crippen LogP contribution in [-0.2, 0) is 9.53 Å². The van der Waals surface area contributed by atoms with Crippen molar-refractivity contribution in [1.82, 2.24) is 14.9 Å². The number of benzene rings is 1. The lowest BCUT2D eigenvalue weighted by Gasteiger charge is -2.29. The normalized spacial score (nSPS) is 22.1. The predicted molar refractivity (Wildman–Crippen MR) is 128 cm³/mol. The van der Waals surface area contributed by atoms with Crippen molar-refractivity contribution in [3.8, 4) is 0 Å². The number of nitrogens with zero attached hydrogens (tertiary/aromatic N) is 2. The van der Waals surface area contributed by atoms with Crippen LogP contribution in [0, 0.1) is 18.7 Å². The molecule has 1 unspecified atom stereocenters. The summed E-state index contributed by atoms with van der Waals surface area (Å²) in [4.78, 5) is 41.9. The van der Waals surface area contributed by atoms with Crippen molar-refractivity contribution in [2.24, 2.45) is 11.7 Å². The van der Waals surface area contributed by atoms with Gasteiger partial charge in [0.25, 0.3) is 11.8 Å². The zero-order valence-corrected chi connectivity index (χ0v) is 20.2. The summed E-state index contributed by atoms with van der Waals surface area (Å²) in [5.74, 6) is -2.08. The molecule has 4 N–H and O–H groups in total. The summed E-state index contributed by atoms with van der Waals surface area (Å²) < 4.78 is 20.8. The van der Waals surface area contributed by atoms with E-state index < -0.39 is 17.6 Å². The van der Waals surface area contributed by atoms with Gasteiger partial charge in [-0.05, 0) is 63.1 Å². The summed E-state index contributed by atoms with van der Waals surface area (Å²) in [7, 11) is 0. The number of amides is 3. The van der Waals surface area contributed by atoms with Gasteiger partial charge in [-0.25, -0.2) is 9.37 Å². The molecule has 1 aromatic carbocycles. The van der Waals surface area contributed by atoms with E-state index in [0.717, 1.165) is 12.8 Å². The first-order chi connectivity index (χ1) is 16.7. The Morgan fingerprint density at radius 3 is 2.63 bits per heavy atom. The molecule has 2 fully saturated rings. The van der Waals surface area contributed by atoms with E-state index in [2.05, 4.69) is 15.6 Å². The lowest BCUT2D eigenvalue weighted by Crippen LogP contribution is -2.34. The van der Waals surface area contributed by atoms with E-state index >= 15 is 0 Å². The van der Waals surface area contributed by atoms with E-state index in [9.17, 15) is 18.8 Å². The topological polar surface area (TPSA) is 128 Å². The van der Waals surface area contributed by atoms with Crippen molar-refractivity contribution in [2.45, 2.75) is 57.6 Å². The highest BCUT2D eigenvalue weighted by molar-refractivity contribution is 6.33. The fourth-order valence-corrected chi connectivity index (χ4v) is 4.95. The molecule has 1 saturated heterocycles. The van der Waals surface area contributed by atoms with Gasteiger partial charge in [-0.15, -0.1) is 0 Å². The number of hydrogen-bond acceptors (Lipinski definition) is 5. The van der Waals surface area contributed by atoms with Crippen LogP contribution in [0.2, 0.25) is 5.02 Å². The van der Waals surface area contributed by atoms with E-state index in [1.807, 2.05) is 0 Å². The largest absolute Gasteiger partial charge is 0.376 e. The number of imidazole rings is 1. The maximum atomic E-state index is 13.6. The summed E-state index contributed by atoms with van der Waals surface area (Å²) in [6.07, 6.45) is 5.58. The van der Waals surface area contributed by atoms with Crippen LogP contribution in [0.3, 0.4) is 0 Å². The Hall–Kier alpha value is -2.98. The maximum absolute atomic E-state index is 13.6. The van der Waals surface area contributed by atoms with Crippen LogP contribution in [0.4, 0.5) is 10.1 Å². The molecule has 188 valence electrons. The zero-order chi connectivity index (χ0) is 25.1. The minimum absolute atomic E-state index is 0.00307. The molecule has 1 aromatic heterocycles. The molecule has 11 heteroatoms.